The van der Waals surface area contributed by atoms with Gasteiger partial charge in [-0.15, -0.1) is 0 Å². The van der Waals surface area contributed by atoms with Gasteiger partial charge in [0.05, 0.1) is 0 Å². The molecule has 2 atom stereocenters. The fourth-order valence-electron chi connectivity index (χ4n) is 5.15. The van der Waals surface area contributed by atoms with Crippen molar-refractivity contribution in [1.29, 1.82) is 0 Å². The number of phenols is 1. The summed E-state index contributed by atoms with van der Waals surface area (Å²) < 4.78 is 0. The Hall–Kier alpha value is -1.50. The Morgan fingerprint density at radius 2 is 1.95 bits per heavy atom. The van der Waals surface area contributed by atoms with Crippen LogP contribution in [0.1, 0.15) is 63.9 Å². The highest BCUT2D eigenvalue weighted by Crippen LogP contribution is 2.52. The van der Waals surface area contributed by atoms with Crippen molar-refractivity contribution in [3.63, 3.8) is 0 Å². The van der Waals surface area contributed by atoms with Gasteiger partial charge in [-0.1, -0.05) is 35.3 Å². The average molecular weight is 294 g/mol. The van der Waals surface area contributed by atoms with Crippen molar-refractivity contribution >= 4 is 5.57 Å². The van der Waals surface area contributed by atoms with Crippen molar-refractivity contribution < 1.29 is 5.11 Å². The van der Waals surface area contributed by atoms with E-state index >= 15 is 0 Å². The van der Waals surface area contributed by atoms with E-state index in [2.05, 4.69) is 13.0 Å². The molecule has 0 spiro atoms. The van der Waals surface area contributed by atoms with Crippen molar-refractivity contribution in [2.24, 2.45) is 11.8 Å². The zero-order chi connectivity index (χ0) is 15.1. The molecule has 0 amide bonds. The molecule has 1 saturated carbocycles. The van der Waals surface area contributed by atoms with Gasteiger partial charge in [-0.05, 0) is 81.1 Å². The molecule has 1 aromatic rings. The number of allylic oxidation sites excluding steroid dienone is 4. The van der Waals surface area contributed by atoms with Crippen LogP contribution < -0.4 is 0 Å². The Balaban J connectivity index is 1.81. The lowest BCUT2D eigenvalue weighted by Crippen LogP contribution is -2.29. The normalized spacial score (nSPS) is 30.0. The highest BCUT2D eigenvalue weighted by molar-refractivity contribution is 5.70. The van der Waals surface area contributed by atoms with Crippen LogP contribution in [-0.4, -0.2) is 5.11 Å². The Kier molecular flexibility index (Phi) is 3.60. The Bertz CT molecular complexity index is 650. The number of benzene rings is 1. The Morgan fingerprint density at radius 3 is 2.82 bits per heavy atom. The number of hydrogen-bond donors (Lipinski definition) is 1. The van der Waals surface area contributed by atoms with Crippen molar-refractivity contribution in [1.82, 2.24) is 0 Å². The molecule has 0 radical (unpaired) electrons. The summed E-state index contributed by atoms with van der Waals surface area (Å²) in [7, 11) is 0. The molecular formula is C21H26O. The molecule has 0 aromatic heterocycles. The van der Waals surface area contributed by atoms with Crippen LogP contribution in [0.15, 0.2) is 41.0 Å². The maximum atomic E-state index is 9.82. The second-order valence-electron chi connectivity index (χ2n) is 7.35. The van der Waals surface area contributed by atoms with Gasteiger partial charge in [-0.25, -0.2) is 0 Å². The smallest absolute Gasteiger partial charge is 0.116 e. The lowest BCUT2D eigenvalue weighted by atomic mass is 9.61. The summed E-state index contributed by atoms with van der Waals surface area (Å²) in [6.07, 6.45) is 10.9. The topological polar surface area (TPSA) is 20.2 Å². The Morgan fingerprint density at radius 1 is 1.09 bits per heavy atom. The second-order valence-corrected chi connectivity index (χ2v) is 7.35. The molecule has 1 nitrogen and oxygen atoms in total. The highest BCUT2D eigenvalue weighted by atomic mass is 16.3. The zero-order valence-corrected chi connectivity index (χ0v) is 13.6. The minimum atomic E-state index is 0.385. The fraction of sp³-hybridized carbons (Fsp3) is 0.524. The molecular weight excluding hydrogens is 268 g/mol. The van der Waals surface area contributed by atoms with Crippen LogP contribution in [0.4, 0.5) is 0 Å². The van der Waals surface area contributed by atoms with Crippen LogP contribution in [0.25, 0.3) is 5.57 Å². The quantitative estimate of drug-likeness (QED) is 0.643. The van der Waals surface area contributed by atoms with E-state index in [1.54, 1.807) is 17.2 Å². The van der Waals surface area contributed by atoms with Gasteiger partial charge in [-0.3, -0.25) is 0 Å². The SMILES string of the molecule is CC(=C1C2CCCC1C1=C(CCCC1)C2)c1cccc(O)c1. The van der Waals surface area contributed by atoms with Gasteiger partial charge < -0.3 is 5.11 Å². The van der Waals surface area contributed by atoms with Gasteiger partial charge in [0.1, 0.15) is 5.75 Å². The molecule has 0 heterocycles. The van der Waals surface area contributed by atoms with Crippen LogP contribution >= 0.6 is 0 Å². The fourth-order valence-corrected chi connectivity index (χ4v) is 5.15. The van der Waals surface area contributed by atoms with E-state index in [-0.39, 0.29) is 0 Å². The molecule has 2 unspecified atom stereocenters. The molecule has 1 N–H and O–H groups in total. The van der Waals surface area contributed by atoms with Crippen molar-refractivity contribution in [3.05, 3.63) is 46.5 Å². The number of aromatic hydroxyl groups is 1. The maximum Gasteiger partial charge on any atom is 0.116 e. The molecule has 1 heteroatoms. The lowest BCUT2D eigenvalue weighted by molar-refractivity contribution is 0.347. The predicted octanol–water partition coefficient (Wildman–Crippen LogP) is 5.86. The first kappa shape index (κ1) is 14.1. The van der Waals surface area contributed by atoms with Crippen LogP contribution in [0.3, 0.4) is 0 Å². The van der Waals surface area contributed by atoms with E-state index in [0.717, 1.165) is 5.92 Å². The standard InChI is InChI=1S/C21H26O/c1-14(15-7-4-9-18(22)13-15)21-17-8-5-11-20(21)19-10-3-2-6-16(19)12-17/h4,7,9,13,17,20,22H,2-3,5-6,8,10-12H2,1H3. The third kappa shape index (κ3) is 2.31. The number of fused-ring (bicyclic) bond motifs is 3. The Labute approximate surface area is 133 Å². The van der Waals surface area contributed by atoms with Gasteiger partial charge in [0.15, 0.2) is 0 Å². The van der Waals surface area contributed by atoms with Crippen molar-refractivity contribution in [3.8, 4) is 5.75 Å². The first-order chi connectivity index (χ1) is 10.7. The maximum absolute atomic E-state index is 9.82. The first-order valence-electron chi connectivity index (χ1n) is 8.95. The van der Waals surface area contributed by atoms with Crippen molar-refractivity contribution in [2.75, 3.05) is 0 Å². The summed E-state index contributed by atoms with van der Waals surface area (Å²) in [6.45, 7) is 2.28. The highest BCUT2D eigenvalue weighted by Gasteiger charge is 2.37. The molecule has 0 aliphatic heterocycles. The van der Waals surface area contributed by atoms with E-state index in [0.29, 0.717) is 11.7 Å². The third-order valence-electron chi connectivity index (χ3n) is 6.12. The largest absolute Gasteiger partial charge is 0.508 e. The van der Waals surface area contributed by atoms with Gasteiger partial charge >= 0.3 is 0 Å². The molecule has 116 valence electrons. The lowest BCUT2D eigenvalue weighted by Gasteiger charge is -2.43. The van der Waals surface area contributed by atoms with Crippen molar-refractivity contribution in [2.45, 2.75) is 58.3 Å². The number of hydrogen-bond acceptors (Lipinski definition) is 1. The molecule has 2 bridgehead atoms. The van der Waals surface area contributed by atoms with Gasteiger partial charge in [0.2, 0.25) is 0 Å². The number of rotatable bonds is 1. The monoisotopic (exact) mass is 294 g/mol. The average Bonchev–Trinajstić information content (AvgIpc) is 2.54. The summed E-state index contributed by atoms with van der Waals surface area (Å²) >= 11 is 0. The molecule has 0 saturated heterocycles. The van der Waals surface area contributed by atoms with E-state index in [1.807, 2.05) is 17.7 Å². The molecule has 3 aliphatic rings. The summed E-state index contributed by atoms with van der Waals surface area (Å²) in [5.74, 6) is 1.86. The van der Waals surface area contributed by atoms with Gasteiger partial charge in [0.25, 0.3) is 0 Å². The minimum Gasteiger partial charge on any atom is -0.508 e. The summed E-state index contributed by atoms with van der Waals surface area (Å²) in [5.41, 5.74) is 7.97. The molecule has 1 aromatic carbocycles. The number of phenolic OH excluding ortho intramolecular Hbond substituents is 1. The van der Waals surface area contributed by atoms with Gasteiger partial charge in [-0.2, -0.15) is 0 Å². The summed E-state index contributed by atoms with van der Waals surface area (Å²) in [6, 6.07) is 7.83. The van der Waals surface area contributed by atoms with E-state index < -0.39 is 0 Å². The van der Waals surface area contributed by atoms with E-state index in [9.17, 15) is 5.11 Å². The molecule has 1 fully saturated rings. The van der Waals surface area contributed by atoms with Crippen LogP contribution in [-0.2, 0) is 0 Å². The van der Waals surface area contributed by atoms with Crippen LogP contribution in [0.2, 0.25) is 0 Å². The molecule has 22 heavy (non-hydrogen) atoms. The molecule has 3 aliphatic carbocycles. The molecule has 4 rings (SSSR count). The van der Waals surface area contributed by atoms with Crippen LogP contribution in [0, 0.1) is 11.8 Å². The zero-order valence-electron chi connectivity index (χ0n) is 13.6. The second kappa shape index (κ2) is 5.61. The van der Waals surface area contributed by atoms with E-state index in [1.165, 1.54) is 62.5 Å². The van der Waals surface area contributed by atoms with Gasteiger partial charge in [0, 0.05) is 5.92 Å². The van der Waals surface area contributed by atoms with E-state index in [4.69, 9.17) is 0 Å². The summed E-state index contributed by atoms with van der Waals surface area (Å²) in [4.78, 5) is 0. The first-order valence-corrected chi connectivity index (χ1v) is 8.95. The van der Waals surface area contributed by atoms with Crippen LogP contribution in [0.5, 0.6) is 5.75 Å². The minimum absolute atomic E-state index is 0.385. The predicted molar refractivity (Wildman–Crippen MR) is 91.6 cm³/mol. The summed E-state index contributed by atoms with van der Waals surface area (Å²) in [5, 5.41) is 9.82. The third-order valence-corrected chi connectivity index (χ3v) is 6.12.